The zero-order valence-electron chi connectivity index (χ0n) is 12.0. The highest BCUT2D eigenvalue weighted by molar-refractivity contribution is 6.42. The first-order chi connectivity index (χ1) is 10.9. The third-order valence-electron chi connectivity index (χ3n) is 3.25. The zero-order valence-corrected chi connectivity index (χ0v) is 13.5. The van der Waals surface area contributed by atoms with E-state index in [0.717, 1.165) is 0 Å². The van der Waals surface area contributed by atoms with E-state index in [1.54, 1.807) is 0 Å². The molecule has 9 heteroatoms. The van der Waals surface area contributed by atoms with Crippen LogP contribution in [-0.2, 0) is 14.3 Å². The van der Waals surface area contributed by atoms with Gasteiger partial charge in [-0.1, -0.05) is 23.2 Å². The van der Waals surface area contributed by atoms with Gasteiger partial charge in [0.1, 0.15) is 5.70 Å². The Labute approximate surface area is 141 Å². The van der Waals surface area contributed by atoms with Crippen molar-refractivity contribution in [1.29, 1.82) is 0 Å². The number of esters is 1. The fraction of sp³-hybridized carbons (Fsp3) is 0.286. The Morgan fingerprint density at radius 2 is 2.17 bits per heavy atom. The summed E-state index contributed by atoms with van der Waals surface area (Å²) < 4.78 is 18.7. The normalized spacial score (nSPS) is 14.5. The predicted molar refractivity (Wildman–Crippen MR) is 82.8 cm³/mol. The number of nitrogens with zero attached hydrogens (tertiary/aromatic N) is 1. The standard InChI is InChI=1S/C14H13Cl2FN2O4/c1-23-14(22)7-6-19(4-5-20)13(21)12(7)18-9-3-2-8(15)10(16)11(9)17/h2-3,18,20H,4-6H2,1H3. The molecule has 0 unspecified atom stereocenters. The summed E-state index contributed by atoms with van der Waals surface area (Å²) in [5, 5.41) is 11.3. The van der Waals surface area contributed by atoms with Crippen molar-refractivity contribution >= 4 is 40.8 Å². The van der Waals surface area contributed by atoms with Gasteiger partial charge < -0.3 is 20.1 Å². The SMILES string of the molecule is COC(=O)C1=C(Nc2ccc(Cl)c(Cl)c2F)C(=O)N(CCO)C1. The molecule has 2 N–H and O–H groups in total. The number of benzene rings is 1. The van der Waals surface area contributed by atoms with Crippen molar-refractivity contribution < 1.29 is 23.8 Å². The monoisotopic (exact) mass is 362 g/mol. The fourth-order valence-corrected chi connectivity index (χ4v) is 2.42. The molecule has 1 heterocycles. The smallest absolute Gasteiger partial charge is 0.337 e. The molecule has 124 valence electrons. The second-order valence-corrected chi connectivity index (χ2v) is 5.43. The van der Waals surface area contributed by atoms with Gasteiger partial charge in [-0.2, -0.15) is 0 Å². The van der Waals surface area contributed by atoms with Gasteiger partial charge in [0.15, 0.2) is 5.82 Å². The number of amides is 1. The summed E-state index contributed by atoms with van der Waals surface area (Å²) in [4.78, 5) is 25.4. The van der Waals surface area contributed by atoms with E-state index in [1.165, 1.54) is 24.1 Å². The molecule has 0 fully saturated rings. The van der Waals surface area contributed by atoms with Crippen LogP contribution in [0.2, 0.25) is 10.0 Å². The Morgan fingerprint density at radius 1 is 1.48 bits per heavy atom. The van der Waals surface area contributed by atoms with Crippen LogP contribution in [0.4, 0.5) is 10.1 Å². The second kappa shape index (κ2) is 7.16. The number of ether oxygens (including phenoxy) is 1. The third-order valence-corrected chi connectivity index (χ3v) is 4.03. The van der Waals surface area contributed by atoms with Crippen LogP contribution >= 0.6 is 23.2 Å². The average molecular weight is 363 g/mol. The predicted octanol–water partition coefficient (Wildman–Crippen LogP) is 1.81. The molecule has 1 aliphatic heterocycles. The molecular weight excluding hydrogens is 350 g/mol. The van der Waals surface area contributed by atoms with E-state index in [4.69, 9.17) is 28.3 Å². The summed E-state index contributed by atoms with van der Waals surface area (Å²) in [7, 11) is 1.17. The Kier molecular flexibility index (Phi) is 5.46. The lowest BCUT2D eigenvalue weighted by Gasteiger charge is -2.15. The molecule has 0 atom stereocenters. The largest absolute Gasteiger partial charge is 0.466 e. The summed E-state index contributed by atoms with van der Waals surface area (Å²) in [5.74, 6) is -2.11. The minimum atomic E-state index is -0.843. The minimum absolute atomic E-state index is 0.0246. The average Bonchev–Trinajstić information content (AvgIpc) is 2.84. The molecule has 0 bridgehead atoms. The number of aliphatic hydroxyl groups excluding tert-OH is 1. The number of hydrogen-bond acceptors (Lipinski definition) is 5. The Hall–Kier alpha value is -1.83. The number of rotatable bonds is 5. The number of β-amino-alcohol motifs (C(OH)–C–C–N with tert-alkyl or cyclic N) is 1. The number of nitrogens with one attached hydrogen (secondary N) is 1. The van der Waals surface area contributed by atoms with Crippen molar-refractivity contribution in [3.8, 4) is 0 Å². The van der Waals surface area contributed by atoms with Gasteiger partial charge in [-0.15, -0.1) is 0 Å². The summed E-state index contributed by atoms with van der Waals surface area (Å²) in [6, 6.07) is 2.66. The van der Waals surface area contributed by atoms with Crippen LogP contribution in [0.3, 0.4) is 0 Å². The van der Waals surface area contributed by atoms with Crippen LogP contribution in [0.1, 0.15) is 0 Å². The van der Waals surface area contributed by atoms with Crippen LogP contribution in [0.5, 0.6) is 0 Å². The third kappa shape index (κ3) is 3.41. The molecule has 0 spiro atoms. The molecule has 0 saturated carbocycles. The zero-order chi connectivity index (χ0) is 17.1. The van der Waals surface area contributed by atoms with E-state index >= 15 is 0 Å². The molecule has 23 heavy (non-hydrogen) atoms. The highest BCUT2D eigenvalue weighted by atomic mass is 35.5. The lowest BCUT2D eigenvalue weighted by atomic mass is 10.2. The van der Waals surface area contributed by atoms with Crippen LogP contribution in [0, 0.1) is 5.82 Å². The van der Waals surface area contributed by atoms with E-state index in [0.29, 0.717) is 0 Å². The number of hydrogen-bond donors (Lipinski definition) is 2. The fourth-order valence-electron chi connectivity index (χ4n) is 2.11. The Bertz CT molecular complexity index is 694. The van der Waals surface area contributed by atoms with Crippen LogP contribution < -0.4 is 5.32 Å². The highest BCUT2D eigenvalue weighted by Gasteiger charge is 2.34. The van der Waals surface area contributed by atoms with E-state index in [2.05, 4.69) is 10.1 Å². The number of methoxy groups -OCH3 is 1. The molecule has 1 amide bonds. The van der Waals surface area contributed by atoms with E-state index in [1.807, 2.05) is 0 Å². The quantitative estimate of drug-likeness (QED) is 0.616. The molecule has 0 radical (unpaired) electrons. The first kappa shape index (κ1) is 17.5. The van der Waals surface area contributed by atoms with E-state index in [-0.39, 0.29) is 46.7 Å². The number of carbonyl (C=O) groups excluding carboxylic acids is 2. The molecule has 1 aliphatic rings. The van der Waals surface area contributed by atoms with Gasteiger partial charge >= 0.3 is 5.97 Å². The van der Waals surface area contributed by atoms with Crippen molar-refractivity contribution in [2.24, 2.45) is 0 Å². The van der Waals surface area contributed by atoms with Gasteiger partial charge in [-0.3, -0.25) is 4.79 Å². The van der Waals surface area contributed by atoms with Gasteiger partial charge in [0.25, 0.3) is 5.91 Å². The van der Waals surface area contributed by atoms with Crippen molar-refractivity contribution in [3.05, 3.63) is 39.3 Å². The van der Waals surface area contributed by atoms with Crippen LogP contribution in [0.15, 0.2) is 23.4 Å². The van der Waals surface area contributed by atoms with Crippen molar-refractivity contribution in [2.45, 2.75) is 0 Å². The second-order valence-electron chi connectivity index (χ2n) is 4.64. The maximum absolute atomic E-state index is 14.1. The maximum Gasteiger partial charge on any atom is 0.337 e. The van der Waals surface area contributed by atoms with Crippen molar-refractivity contribution in [3.63, 3.8) is 0 Å². The summed E-state index contributed by atoms with van der Waals surface area (Å²) in [5.41, 5.74) is -0.186. The van der Waals surface area contributed by atoms with Crippen LogP contribution in [-0.4, -0.2) is 48.7 Å². The first-order valence-corrected chi connectivity index (χ1v) is 7.28. The Morgan fingerprint density at radius 3 is 2.78 bits per heavy atom. The van der Waals surface area contributed by atoms with Crippen LogP contribution in [0.25, 0.3) is 0 Å². The highest BCUT2D eigenvalue weighted by Crippen LogP contribution is 2.32. The van der Waals surface area contributed by atoms with Gasteiger partial charge in [0.05, 0.1) is 41.6 Å². The molecule has 0 aromatic heterocycles. The lowest BCUT2D eigenvalue weighted by Crippen LogP contribution is -2.31. The number of aliphatic hydroxyl groups is 1. The summed E-state index contributed by atoms with van der Waals surface area (Å²) >= 11 is 11.4. The van der Waals surface area contributed by atoms with Gasteiger partial charge in [0, 0.05) is 6.54 Å². The Balaban J connectivity index is 2.39. The number of carbonyl (C=O) groups is 2. The van der Waals surface area contributed by atoms with E-state index in [9.17, 15) is 14.0 Å². The van der Waals surface area contributed by atoms with Crippen molar-refractivity contribution in [2.75, 3.05) is 32.1 Å². The van der Waals surface area contributed by atoms with Gasteiger partial charge in [-0.25, -0.2) is 9.18 Å². The summed E-state index contributed by atoms with van der Waals surface area (Å²) in [6.45, 7) is -0.277. The maximum atomic E-state index is 14.1. The van der Waals surface area contributed by atoms with Gasteiger partial charge in [-0.05, 0) is 12.1 Å². The lowest BCUT2D eigenvalue weighted by molar-refractivity contribution is -0.136. The molecule has 6 nitrogen and oxygen atoms in total. The molecule has 1 aromatic rings. The molecule has 1 aromatic carbocycles. The minimum Gasteiger partial charge on any atom is -0.466 e. The molecule has 2 rings (SSSR count). The number of anilines is 1. The van der Waals surface area contributed by atoms with E-state index < -0.39 is 17.7 Å². The van der Waals surface area contributed by atoms with Crippen molar-refractivity contribution in [1.82, 2.24) is 4.90 Å². The first-order valence-electron chi connectivity index (χ1n) is 6.52. The molecule has 0 aliphatic carbocycles. The van der Waals surface area contributed by atoms with Gasteiger partial charge in [0.2, 0.25) is 0 Å². The summed E-state index contributed by atoms with van der Waals surface area (Å²) in [6.07, 6.45) is 0. The topological polar surface area (TPSA) is 78.9 Å². The number of halogens is 3. The molecule has 0 saturated heterocycles. The molecular formula is C14H13Cl2FN2O4.